The molecule has 2 heteroatoms. The summed E-state index contributed by atoms with van der Waals surface area (Å²) in [6.45, 7) is 1.34. The topological polar surface area (TPSA) is 26.3 Å². The minimum Gasteiger partial charge on any atom is -0.377 e. The van der Waals surface area contributed by atoms with E-state index in [1.165, 1.54) is 18.4 Å². The van der Waals surface area contributed by atoms with E-state index in [0.717, 1.165) is 25.5 Å². The Morgan fingerprint density at radius 1 is 1.18 bits per heavy atom. The fraction of sp³-hybridized carbons (Fsp3) is 0.533. The lowest BCUT2D eigenvalue weighted by molar-refractivity contribution is -0.117. The van der Waals surface area contributed by atoms with Crippen molar-refractivity contribution in [1.29, 1.82) is 0 Å². The van der Waals surface area contributed by atoms with E-state index < -0.39 is 0 Å². The number of carbonyl (C=O) groups is 1. The van der Waals surface area contributed by atoms with Gasteiger partial charge in [0.1, 0.15) is 6.29 Å². The molecule has 2 rings (SSSR count). The highest BCUT2D eigenvalue weighted by Crippen LogP contribution is 2.39. The van der Waals surface area contributed by atoms with Crippen molar-refractivity contribution in [1.82, 2.24) is 0 Å². The van der Waals surface area contributed by atoms with Gasteiger partial charge < -0.3 is 9.53 Å². The third kappa shape index (κ3) is 3.40. The van der Waals surface area contributed by atoms with Crippen LogP contribution in [-0.2, 0) is 16.1 Å². The minimum atomic E-state index is -0.0727. The molecular formula is C15H20O2. The zero-order valence-corrected chi connectivity index (χ0v) is 10.2. The van der Waals surface area contributed by atoms with Gasteiger partial charge in [0.15, 0.2) is 0 Å². The summed E-state index contributed by atoms with van der Waals surface area (Å²) >= 11 is 0. The summed E-state index contributed by atoms with van der Waals surface area (Å²) in [7, 11) is 0. The predicted octanol–water partition coefficient (Wildman–Crippen LogP) is 3.35. The van der Waals surface area contributed by atoms with Crippen molar-refractivity contribution < 1.29 is 9.53 Å². The predicted molar refractivity (Wildman–Crippen MR) is 67.7 cm³/mol. The van der Waals surface area contributed by atoms with E-state index in [1.807, 2.05) is 18.2 Å². The van der Waals surface area contributed by atoms with E-state index in [2.05, 4.69) is 12.1 Å². The minimum absolute atomic E-state index is 0.0727. The van der Waals surface area contributed by atoms with Crippen LogP contribution < -0.4 is 0 Å². The molecule has 1 aliphatic rings. The molecule has 0 N–H and O–H groups in total. The summed E-state index contributed by atoms with van der Waals surface area (Å²) in [4.78, 5) is 11.1. The molecule has 0 unspecified atom stereocenters. The second-order valence-corrected chi connectivity index (χ2v) is 4.98. The Hall–Kier alpha value is -1.15. The van der Waals surface area contributed by atoms with Crippen LogP contribution in [-0.4, -0.2) is 12.9 Å². The van der Waals surface area contributed by atoms with Crippen molar-refractivity contribution in [3.63, 3.8) is 0 Å². The molecule has 0 radical (unpaired) electrons. The van der Waals surface area contributed by atoms with Gasteiger partial charge in [-0.15, -0.1) is 0 Å². The van der Waals surface area contributed by atoms with Crippen LogP contribution in [0, 0.1) is 5.41 Å². The summed E-state index contributed by atoms with van der Waals surface area (Å²) in [5.41, 5.74) is 1.12. The van der Waals surface area contributed by atoms with Crippen LogP contribution in [0.4, 0.5) is 0 Å². The van der Waals surface area contributed by atoms with E-state index in [1.54, 1.807) is 0 Å². The molecule has 0 spiro atoms. The highest BCUT2D eigenvalue weighted by atomic mass is 16.5. The lowest BCUT2D eigenvalue weighted by Gasteiger charge is -2.21. The number of benzene rings is 1. The zero-order chi connectivity index (χ0) is 12.0. The summed E-state index contributed by atoms with van der Waals surface area (Å²) in [6, 6.07) is 10.2. The number of aldehydes is 1. The molecule has 0 aliphatic heterocycles. The van der Waals surface area contributed by atoms with Gasteiger partial charge in [0.2, 0.25) is 0 Å². The molecule has 0 heterocycles. The molecule has 0 bridgehead atoms. The maximum atomic E-state index is 11.1. The molecule has 0 aromatic heterocycles. The highest BCUT2D eigenvalue weighted by molar-refractivity contribution is 5.59. The van der Waals surface area contributed by atoms with Gasteiger partial charge in [0.25, 0.3) is 0 Å². The van der Waals surface area contributed by atoms with E-state index in [9.17, 15) is 4.79 Å². The molecule has 92 valence electrons. The molecule has 17 heavy (non-hydrogen) atoms. The average molecular weight is 232 g/mol. The van der Waals surface area contributed by atoms with Crippen LogP contribution in [0.25, 0.3) is 0 Å². The molecule has 1 aliphatic carbocycles. The maximum Gasteiger partial charge on any atom is 0.126 e. The first-order valence-electron chi connectivity index (χ1n) is 6.43. The van der Waals surface area contributed by atoms with Crippen molar-refractivity contribution in [2.45, 2.75) is 38.7 Å². The smallest absolute Gasteiger partial charge is 0.126 e. The summed E-state index contributed by atoms with van der Waals surface area (Å²) in [5, 5.41) is 0. The SMILES string of the molecule is O=CC1(CCOCc2ccccc2)CCCC1. The number of carbonyl (C=O) groups excluding carboxylic acids is 1. The summed E-state index contributed by atoms with van der Waals surface area (Å²) < 4.78 is 5.65. The van der Waals surface area contributed by atoms with Gasteiger partial charge in [-0.25, -0.2) is 0 Å². The Labute approximate surface area is 103 Å². The van der Waals surface area contributed by atoms with E-state index in [0.29, 0.717) is 13.2 Å². The van der Waals surface area contributed by atoms with Crippen molar-refractivity contribution >= 4 is 6.29 Å². The molecule has 1 aromatic rings. The summed E-state index contributed by atoms with van der Waals surface area (Å²) in [6.07, 6.45) is 6.51. The fourth-order valence-corrected chi connectivity index (χ4v) is 2.55. The Balaban J connectivity index is 1.71. The van der Waals surface area contributed by atoms with Crippen LogP contribution >= 0.6 is 0 Å². The third-order valence-corrected chi connectivity index (χ3v) is 3.71. The molecule has 2 nitrogen and oxygen atoms in total. The van der Waals surface area contributed by atoms with Gasteiger partial charge in [-0.1, -0.05) is 43.2 Å². The Morgan fingerprint density at radius 3 is 2.53 bits per heavy atom. The van der Waals surface area contributed by atoms with Gasteiger partial charge in [-0.3, -0.25) is 0 Å². The third-order valence-electron chi connectivity index (χ3n) is 3.71. The zero-order valence-electron chi connectivity index (χ0n) is 10.2. The Bertz CT molecular complexity index is 339. The van der Waals surface area contributed by atoms with E-state index >= 15 is 0 Å². The highest BCUT2D eigenvalue weighted by Gasteiger charge is 2.32. The van der Waals surface area contributed by atoms with Gasteiger partial charge in [0.05, 0.1) is 6.61 Å². The Kier molecular flexibility index (Phi) is 4.32. The number of rotatable bonds is 6. The van der Waals surface area contributed by atoms with Crippen LogP contribution in [0.2, 0.25) is 0 Å². The van der Waals surface area contributed by atoms with Crippen molar-refractivity contribution in [2.75, 3.05) is 6.61 Å². The lowest BCUT2D eigenvalue weighted by Crippen LogP contribution is -2.20. The molecule has 1 fully saturated rings. The van der Waals surface area contributed by atoms with Crippen LogP contribution in [0.1, 0.15) is 37.7 Å². The summed E-state index contributed by atoms with van der Waals surface area (Å²) in [5.74, 6) is 0. The molecule has 1 aromatic carbocycles. The molecule has 0 saturated heterocycles. The molecular weight excluding hydrogens is 212 g/mol. The van der Waals surface area contributed by atoms with Gasteiger partial charge in [-0.2, -0.15) is 0 Å². The lowest BCUT2D eigenvalue weighted by atomic mass is 9.85. The number of ether oxygens (including phenoxy) is 1. The number of hydrogen-bond donors (Lipinski definition) is 0. The van der Waals surface area contributed by atoms with E-state index in [4.69, 9.17) is 4.74 Å². The van der Waals surface area contributed by atoms with Crippen LogP contribution in [0.5, 0.6) is 0 Å². The van der Waals surface area contributed by atoms with Crippen molar-refractivity contribution in [3.8, 4) is 0 Å². The second-order valence-electron chi connectivity index (χ2n) is 4.98. The first-order chi connectivity index (χ1) is 8.35. The molecule has 1 saturated carbocycles. The maximum absolute atomic E-state index is 11.1. The monoisotopic (exact) mass is 232 g/mol. The van der Waals surface area contributed by atoms with Gasteiger partial charge in [0, 0.05) is 12.0 Å². The van der Waals surface area contributed by atoms with Crippen LogP contribution in [0.15, 0.2) is 30.3 Å². The first kappa shape index (κ1) is 12.3. The Morgan fingerprint density at radius 2 is 1.88 bits per heavy atom. The van der Waals surface area contributed by atoms with Crippen molar-refractivity contribution in [2.24, 2.45) is 5.41 Å². The normalized spacial score (nSPS) is 18.1. The van der Waals surface area contributed by atoms with E-state index in [-0.39, 0.29) is 5.41 Å². The van der Waals surface area contributed by atoms with Crippen molar-refractivity contribution in [3.05, 3.63) is 35.9 Å². The fourth-order valence-electron chi connectivity index (χ4n) is 2.55. The largest absolute Gasteiger partial charge is 0.377 e. The van der Waals surface area contributed by atoms with Gasteiger partial charge in [-0.05, 0) is 24.8 Å². The average Bonchev–Trinajstić information content (AvgIpc) is 2.85. The molecule has 0 atom stereocenters. The standard InChI is InChI=1S/C15H20O2/c16-13-15(8-4-5-9-15)10-11-17-12-14-6-2-1-3-7-14/h1-3,6-7,13H,4-5,8-12H2. The quantitative estimate of drug-likeness (QED) is 0.555. The molecule has 0 amide bonds. The second kappa shape index (κ2) is 5.97. The van der Waals surface area contributed by atoms with Gasteiger partial charge >= 0.3 is 0 Å². The number of hydrogen-bond acceptors (Lipinski definition) is 2. The van der Waals surface area contributed by atoms with Crippen LogP contribution in [0.3, 0.4) is 0 Å². The first-order valence-corrected chi connectivity index (χ1v) is 6.43.